The molecule has 0 bridgehead atoms. The van der Waals surface area contributed by atoms with Crippen LogP contribution in [0.1, 0.15) is 5.56 Å². The van der Waals surface area contributed by atoms with Crippen molar-refractivity contribution in [2.75, 3.05) is 0 Å². The van der Waals surface area contributed by atoms with Crippen LogP contribution in [0.5, 0.6) is 0 Å². The Kier molecular flexibility index (Phi) is 3.55. The number of nitrogens with two attached hydrogens (primary N) is 2. The molecule has 6 heteroatoms. The number of hydrogen-bond acceptors (Lipinski definition) is 4. The van der Waals surface area contributed by atoms with Crippen LogP contribution in [0.3, 0.4) is 0 Å². The molecule has 5 nitrogen and oxygen atoms in total. The number of benzene rings is 1. The molecule has 0 aliphatic carbocycles. The molecule has 2 aromatic rings. The summed E-state index contributed by atoms with van der Waals surface area (Å²) < 4.78 is 0. The van der Waals surface area contributed by atoms with Gasteiger partial charge in [-0.15, -0.1) is 11.3 Å². The van der Waals surface area contributed by atoms with Gasteiger partial charge in [-0.3, -0.25) is 0 Å². The van der Waals surface area contributed by atoms with E-state index >= 15 is 0 Å². The molecular weight excluding hydrogens is 246 g/mol. The first-order valence-corrected chi connectivity index (χ1v) is 6.08. The van der Waals surface area contributed by atoms with Gasteiger partial charge in [0.05, 0.1) is 18.2 Å². The van der Waals surface area contributed by atoms with Crippen molar-refractivity contribution >= 4 is 22.4 Å². The third-order valence-electron chi connectivity index (χ3n) is 2.25. The van der Waals surface area contributed by atoms with Gasteiger partial charge in [0.2, 0.25) is 5.13 Å². The average molecular weight is 257 g/mol. The van der Waals surface area contributed by atoms with Crippen LogP contribution in [0.25, 0.3) is 11.3 Å². The molecular formula is C12H11N5S. The molecule has 0 atom stereocenters. The molecule has 1 aromatic carbocycles. The van der Waals surface area contributed by atoms with E-state index in [0.29, 0.717) is 11.6 Å². The molecule has 0 saturated heterocycles. The highest BCUT2D eigenvalue weighted by molar-refractivity contribution is 7.13. The van der Waals surface area contributed by atoms with E-state index in [1.165, 1.54) is 11.3 Å². The van der Waals surface area contributed by atoms with Gasteiger partial charge in [0.15, 0.2) is 5.96 Å². The summed E-state index contributed by atoms with van der Waals surface area (Å²) in [5, 5.41) is 11.0. The Morgan fingerprint density at radius 1 is 1.33 bits per heavy atom. The molecule has 0 aliphatic rings. The molecule has 1 heterocycles. The second-order valence-corrected chi connectivity index (χ2v) is 4.42. The van der Waals surface area contributed by atoms with Crippen LogP contribution >= 0.6 is 11.3 Å². The fourth-order valence-corrected chi connectivity index (χ4v) is 2.16. The number of aromatic nitrogens is 1. The van der Waals surface area contributed by atoms with E-state index in [1.807, 2.05) is 29.6 Å². The first kappa shape index (κ1) is 12.1. The number of nitriles is 1. The first-order chi connectivity index (χ1) is 8.69. The van der Waals surface area contributed by atoms with Crippen LogP contribution in [0.15, 0.2) is 34.6 Å². The Hall–Kier alpha value is -2.39. The number of aliphatic imine (C=N–C) groups is 1. The predicted octanol–water partition coefficient (Wildman–Crippen LogP) is 1.78. The van der Waals surface area contributed by atoms with Crippen molar-refractivity contribution in [2.24, 2.45) is 16.5 Å². The zero-order chi connectivity index (χ0) is 13.0. The smallest absolute Gasteiger partial charge is 0.212 e. The summed E-state index contributed by atoms with van der Waals surface area (Å²) in [4.78, 5) is 8.19. The van der Waals surface area contributed by atoms with Gasteiger partial charge in [-0.1, -0.05) is 24.3 Å². The van der Waals surface area contributed by atoms with Crippen molar-refractivity contribution in [3.8, 4) is 17.3 Å². The topological polar surface area (TPSA) is 101 Å². The molecule has 18 heavy (non-hydrogen) atoms. The fourth-order valence-electron chi connectivity index (χ4n) is 1.44. The quantitative estimate of drug-likeness (QED) is 0.646. The lowest BCUT2D eigenvalue weighted by molar-refractivity contribution is 1.26. The summed E-state index contributed by atoms with van der Waals surface area (Å²) in [6, 6.07) is 9.80. The van der Waals surface area contributed by atoms with Crippen molar-refractivity contribution in [2.45, 2.75) is 6.42 Å². The maximum Gasteiger partial charge on any atom is 0.212 e. The third kappa shape index (κ3) is 2.84. The summed E-state index contributed by atoms with van der Waals surface area (Å²) in [6.07, 6.45) is 0.413. The summed E-state index contributed by atoms with van der Waals surface area (Å²) in [6.45, 7) is 0. The highest BCUT2D eigenvalue weighted by atomic mass is 32.1. The van der Waals surface area contributed by atoms with Crippen molar-refractivity contribution < 1.29 is 0 Å². The zero-order valence-corrected chi connectivity index (χ0v) is 10.3. The monoisotopic (exact) mass is 257 g/mol. The highest BCUT2D eigenvalue weighted by Crippen LogP contribution is 2.26. The molecule has 2 rings (SSSR count). The van der Waals surface area contributed by atoms with Crippen LogP contribution in [-0.2, 0) is 6.42 Å². The second kappa shape index (κ2) is 5.29. The second-order valence-electron chi connectivity index (χ2n) is 3.58. The maximum absolute atomic E-state index is 8.59. The van der Waals surface area contributed by atoms with Gasteiger partial charge in [0, 0.05) is 10.9 Å². The number of nitrogens with zero attached hydrogens (tertiary/aromatic N) is 3. The SMILES string of the molecule is N#CCc1ccc(-c2csc(N=C(N)N)n2)cc1. The average Bonchev–Trinajstić information content (AvgIpc) is 2.78. The van der Waals surface area contributed by atoms with E-state index in [-0.39, 0.29) is 5.96 Å². The van der Waals surface area contributed by atoms with Crippen LogP contribution in [0.2, 0.25) is 0 Å². The molecule has 0 spiro atoms. The maximum atomic E-state index is 8.59. The molecule has 4 N–H and O–H groups in total. The Labute approximate surface area is 108 Å². The Balaban J connectivity index is 2.24. The Bertz CT molecular complexity index is 602. The fraction of sp³-hybridized carbons (Fsp3) is 0.0833. The molecule has 0 radical (unpaired) electrons. The van der Waals surface area contributed by atoms with Gasteiger partial charge >= 0.3 is 0 Å². The minimum atomic E-state index is 0.000248. The number of rotatable bonds is 3. The number of guanidine groups is 1. The van der Waals surface area contributed by atoms with Crippen molar-refractivity contribution in [3.05, 3.63) is 35.2 Å². The predicted molar refractivity (Wildman–Crippen MR) is 72.3 cm³/mol. The molecule has 0 unspecified atom stereocenters. The Morgan fingerprint density at radius 2 is 2.06 bits per heavy atom. The number of thiazole rings is 1. The van der Waals surface area contributed by atoms with Crippen molar-refractivity contribution in [1.82, 2.24) is 4.98 Å². The van der Waals surface area contributed by atoms with Crippen molar-refractivity contribution in [3.63, 3.8) is 0 Å². The third-order valence-corrected chi connectivity index (χ3v) is 2.98. The minimum absolute atomic E-state index is 0.000248. The lowest BCUT2D eigenvalue weighted by atomic mass is 10.1. The van der Waals surface area contributed by atoms with E-state index in [1.54, 1.807) is 0 Å². The van der Waals surface area contributed by atoms with Crippen molar-refractivity contribution in [1.29, 1.82) is 5.26 Å². The minimum Gasteiger partial charge on any atom is -0.370 e. The summed E-state index contributed by atoms with van der Waals surface area (Å²) >= 11 is 1.38. The van der Waals surface area contributed by atoms with Gasteiger partial charge in [0.25, 0.3) is 0 Å². The van der Waals surface area contributed by atoms with Crippen LogP contribution < -0.4 is 11.5 Å². The van der Waals surface area contributed by atoms with E-state index in [9.17, 15) is 0 Å². The summed E-state index contributed by atoms with van der Waals surface area (Å²) in [7, 11) is 0. The lowest BCUT2D eigenvalue weighted by Gasteiger charge is -1.98. The van der Waals surface area contributed by atoms with E-state index in [4.69, 9.17) is 16.7 Å². The van der Waals surface area contributed by atoms with E-state index in [0.717, 1.165) is 16.8 Å². The standard InChI is InChI=1S/C12H11N5S/c13-6-5-8-1-3-9(4-2-8)10-7-18-12(16-10)17-11(14)15/h1-4,7H,5H2,(H4,14,15,16,17). The summed E-state index contributed by atoms with van der Waals surface area (Å²) in [5.41, 5.74) is 13.4. The molecule has 1 aromatic heterocycles. The van der Waals surface area contributed by atoms with Crippen LogP contribution in [-0.4, -0.2) is 10.9 Å². The summed E-state index contributed by atoms with van der Waals surface area (Å²) in [5.74, 6) is 0.000248. The van der Waals surface area contributed by atoms with Gasteiger partial charge in [-0.05, 0) is 5.56 Å². The largest absolute Gasteiger partial charge is 0.370 e. The van der Waals surface area contributed by atoms with E-state index < -0.39 is 0 Å². The molecule has 90 valence electrons. The normalized spacial score (nSPS) is 9.72. The molecule has 0 saturated carbocycles. The number of hydrogen-bond donors (Lipinski definition) is 2. The van der Waals surface area contributed by atoms with Gasteiger partial charge in [-0.25, -0.2) is 4.98 Å². The lowest BCUT2D eigenvalue weighted by Crippen LogP contribution is -2.21. The molecule has 0 fully saturated rings. The first-order valence-electron chi connectivity index (χ1n) is 5.20. The molecule has 0 aliphatic heterocycles. The van der Waals surface area contributed by atoms with Gasteiger partial charge in [0.1, 0.15) is 0 Å². The van der Waals surface area contributed by atoms with E-state index in [2.05, 4.69) is 16.0 Å². The van der Waals surface area contributed by atoms with Gasteiger partial charge in [-0.2, -0.15) is 10.3 Å². The highest BCUT2D eigenvalue weighted by Gasteiger charge is 2.04. The molecule has 0 amide bonds. The van der Waals surface area contributed by atoms with Crippen LogP contribution in [0.4, 0.5) is 5.13 Å². The zero-order valence-electron chi connectivity index (χ0n) is 9.50. The van der Waals surface area contributed by atoms with Crippen LogP contribution in [0, 0.1) is 11.3 Å². The Morgan fingerprint density at radius 3 is 2.67 bits per heavy atom. The van der Waals surface area contributed by atoms with Gasteiger partial charge < -0.3 is 11.5 Å².